The predicted molar refractivity (Wildman–Crippen MR) is 71.0 cm³/mol. The first-order valence-corrected chi connectivity index (χ1v) is 6.75. The standard InChI is InChI=1S/C13H24N2O4/c1-9(2)6-7-15(10-4-5-10)13(18)14-8-11(19-3)12(16)17/h9-11H,4-8H2,1-3H3,(H,14,18)(H,16,17). The molecule has 1 saturated carbocycles. The molecule has 110 valence electrons. The summed E-state index contributed by atoms with van der Waals surface area (Å²) in [6.07, 6.45) is 2.04. The summed E-state index contributed by atoms with van der Waals surface area (Å²) < 4.78 is 4.78. The number of aliphatic carboxylic acids is 1. The summed E-state index contributed by atoms with van der Waals surface area (Å²) in [6, 6.07) is 0.135. The molecule has 6 nitrogen and oxygen atoms in total. The molecule has 0 bridgehead atoms. The Morgan fingerprint density at radius 2 is 2.05 bits per heavy atom. The number of methoxy groups -OCH3 is 1. The molecule has 0 aliphatic heterocycles. The maximum Gasteiger partial charge on any atom is 0.334 e. The summed E-state index contributed by atoms with van der Waals surface area (Å²) in [5.41, 5.74) is 0. The van der Waals surface area contributed by atoms with Crippen molar-refractivity contribution in [1.29, 1.82) is 0 Å². The third kappa shape index (κ3) is 5.46. The van der Waals surface area contributed by atoms with Crippen molar-refractivity contribution in [2.45, 2.75) is 45.3 Å². The van der Waals surface area contributed by atoms with Crippen molar-refractivity contribution in [2.75, 3.05) is 20.2 Å². The van der Waals surface area contributed by atoms with Crippen LogP contribution in [0.4, 0.5) is 4.79 Å². The third-order valence-electron chi connectivity index (χ3n) is 3.19. The third-order valence-corrected chi connectivity index (χ3v) is 3.19. The predicted octanol–water partition coefficient (Wildman–Crippen LogP) is 1.31. The molecule has 1 atom stereocenters. The summed E-state index contributed by atoms with van der Waals surface area (Å²) in [4.78, 5) is 24.6. The molecule has 0 spiro atoms. The minimum atomic E-state index is -1.07. The highest BCUT2D eigenvalue weighted by Gasteiger charge is 2.32. The molecule has 1 unspecified atom stereocenters. The maximum absolute atomic E-state index is 12.0. The molecule has 0 saturated heterocycles. The van der Waals surface area contributed by atoms with Gasteiger partial charge < -0.3 is 20.1 Å². The number of nitrogens with zero attached hydrogens (tertiary/aromatic N) is 1. The van der Waals surface area contributed by atoms with E-state index in [1.54, 1.807) is 0 Å². The average molecular weight is 272 g/mol. The van der Waals surface area contributed by atoms with Crippen LogP contribution in [0.3, 0.4) is 0 Å². The normalized spacial score (nSPS) is 16.2. The van der Waals surface area contributed by atoms with Crippen LogP contribution in [-0.4, -0.2) is 54.4 Å². The number of amides is 2. The van der Waals surface area contributed by atoms with E-state index in [4.69, 9.17) is 9.84 Å². The molecule has 6 heteroatoms. The molecule has 0 aromatic carbocycles. The number of carbonyl (C=O) groups is 2. The van der Waals surface area contributed by atoms with Crippen LogP contribution in [0.5, 0.6) is 0 Å². The maximum atomic E-state index is 12.0. The highest BCUT2D eigenvalue weighted by atomic mass is 16.5. The molecule has 0 heterocycles. The van der Waals surface area contributed by atoms with Crippen LogP contribution in [0.15, 0.2) is 0 Å². The zero-order valence-electron chi connectivity index (χ0n) is 11.9. The van der Waals surface area contributed by atoms with Crippen molar-refractivity contribution in [3.63, 3.8) is 0 Å². The van der Waals surface area contributed by atoms with E-state index in [0.717, 1.165) is 25.8 Å². The lowest BCUT2D eigenvalue weighted by Gasteiger charge is -2.24. The lowest BCUT2D eigenvalue weighted by molar-refractivity contribution is -0.148. The molecule has 0 aromatic heterocycles. The van der Waals surface area contributed by atoms with Gasteiger partial charge in [-0.15, -0.1) is 0 Å². The Balaban J connectivity index is 2.41. The largest absolute Gasteiger partial charge is 0.479 e. The molecule has 2 N–H and O–H groups in total. The fraction of sp³-hybridized carbons (Fsp3) is 0.846. The Morgan fingerprint density at radius 1 is 1.42 bits per heavy atom. The number of carbonyl (C=O) groups excluding carboxylic acids is 1. The monoisotopic (exact) mass is 272 g/mol. The number of hydrogen-bond donors (Lipinski definition) is 2. The fourth-order valence-corrected chi connectivity index (χ4v) is 1.79. The summed E-state index contributed by atoms with van der Waals surface area (Å²) >= 11 is 0. The zero-order chi connectivity index (χ0) is 14.4. The number of carboxylic acids is 1. The van der Waals surface area contributed by atoms with Gasteiger partial charge in [0, 0.05) is 19.7 Å². The van der Waals surface area contributed by atoms with Gasteiger partial charge in [0.25, 0.3) is 0 Å². The minimum absolute atomic E-state index is 0.00440. The van der Waals surface area contributed by atoms with Gasteiger partial charge in [0.1, 0.15) is 0 Å². The van der Waals surface area contributed by atoms with E-state index >= 15 is 0 Å². The summed E-state index contributed by atoms with van der Waals surface area (Å²) in [5, 5.41) is 11.5. The Bertz CT molecular complexity index is 316. The van der Waals surface area contributed by atoms with Crippen LogP contribution in [0.25, 0.3) is 0 Å². The number of nitrogens with one attached hydrogen (secondary N) is 1. The summed E-state index contributed by atoms with van der Waals surface area (Å²) in [6.45, 7) is 4.96. The van der Waals surface area contributed by atoms with Crippen molar-refractivity contribution in [1.82, 2.24) is 10.2 Å². The SMILES string of the molecule is COC(CNC(=O)N(CCC(C)C)C1CC1)C(=O)O. The van der Waals surface area contributed by atoms with Crippen LogP contribution in [0, 0.1) is 5.92 Å². The van der Waals surface area contributed by atoms with E-state index in [2.05, 4.69) is 19.2 Å². The number of hydrogen-bond acceptors (Lipinski definition) is 3. The Morgan fingerprint density at radius 3 is 2.47 bits per heavy atom. The molecular formula is C13H24N2O4. The van der Waals surface area contributed by atoms with Crippen molar-refractivity contribution in [3.8, 4) is 0 Å². The molecule has 0 aromatic rings. The number of ether oxygens (including phenoxy) is 1. The average Bonchev–Trinajstić information content (AvgIpc) is 3.13. The number of urea groups is 1. The zero-order valence-corrected chi connectivity index (χ0v) is 11.9. The highest BCUT2D eigenvalue weighted by molar-refractivity contribution is 5.77. The van der Waals surface area contributed by atoms with Crippen molar-refractivity contribution in [2.24, 2.45) is 5.92 Å². The van der Waals surface area contributed by atoms with Crippen LogP contribution in [0.2, 0.25) is 0 Å². The lowest BCUT2D eigenvalue weighted by Crippen LogP contribution is -2.46. The Labute approximate surface area is 114 Å². The van der Waals surface area contributed by atoms with Crippen molar-refractivity contribution in [3.05, 3.63) is 0 Å². The second-order valence-corrected chi connectivity index (χ2v) is 5.36. The Hall–Kier alpha value is -1.30. The van der Waals surface area contributed by atoms with Gasteiger partial charge >= 0.3 is 12.0 Å². The van der Waals surface area contributed by atoms with Gasteiger partial charge in [0.05, 0.1) is 6.54 Å². The lowest BCUT2D eigenvalue weighted by atomic mass is 10.1. The van der Waals surface area contributed by atoms with Gasteiger partial charge in [-0.3, -0.25) is 0 Å². The summed E-state index contributed by atoms with van der Waals surface area (Å²) in [5.74, 6) is -0.525. The van der Waals surface area contributed by atoms with Crippen LogP contribution < -0.4 is 5.32 Å². The fourth-order valence-electron chi connectivity index (χ4n) is 1.79. The van der Waals surface area contributed by atoms with Crippen molar-refractivity contribution < 1.29 is 19.4 Å². The van der Waals surface area contributed by atoms with E-state index in [1.165, 1.54) is 7.11 Å². The van der Waals surface area contributed by atoms with Crippen LogP contribution in [0.1, 0.15) is 33.1 Å². The first-order chi connectivity index (χ1) is 8.95. The smallest absolute Gasteiger partial charge is 0.334 e. The number of rotatable bonds is 8. The van der Waals surface area contributed by atoms with E-state index in [-0.39, 0.29) is 12.6 Å². The molecular weight excluding hydrogens is 248 g/mol. The molecule has 1 aliphatic rings. The molecule has 19 heavy (non-hydrogen) atoms. The molecule has 1 fully saturated rings. The van der Waals surface area contributed by atoms with E-state index in [9.17, 15) is 9.59 Å². The molecule has 1 aliphatic carbocycles. The quantitative estimate of drug-likeness (QED) is 0.698. The van der Waals surface area contributed by atoms with E-state index < -0.39 is 12.1 Å². The Kier molecular flexibility index (Phi) is 6.08. The second kappa shape index (κ2) is 7.33. The first-order valence-electron chi connectivity index (χ1n) is 6.75. The van der Waals surface area contributed by atoms with Gasteiger partial charge in [-0.25, -0.2) is 9.59 Å². The van der Waals surface area contributed by atoms with Gasteiger partial charge in [-0.05, 0) is 25.2 Å². The summed E-state index contributed by atoms with van der Waals surface area (Å²) in [7, 11) is 1.32. The van der Waals surface area contributed by atoms with Crippen LogP contribution >= 0.6 is 0 Å². The van der Waals surface area contributed by atoms with E-state index in [0.29, 0.717) is 12.0 Å². The van der Waals surface area contributed by atoms with Gasteiger partial charge in [0.2, 0.25) is 0 Å². The van der Waals surface area contributed by atoms with Crippen molar-refractivity contribution >= 4 is 12.0 Å². The highest BCUT2D eigenvalue weighted by Crippen LogP contribution is 2.27. The molecule has 2 amide bonds. The van der Waals surface area contributed by atoms with Gasteiger partial charge in [-0.2, -0.15) is 0 Å². The molecule has 0 radical (unpaired) electrons. The van der Waals surface area contributed by atoms with Gasteiger partial charge in [0.15, 0.2) is 6.10 Å². The van der Waals surface area contributed by atoms with Crippen LogP contribution in [-0.2, 0) is 9.53 Å². The minimum Gasteiger partial charge on any atom is -0.479 e. The van der Waals surface area contributed by atoms with Gasteiger partial charge in [-0.1, -0.05) is 13.8 Å². The molecule has 1 rings (SSSR count). The number of carboxylic acid groups (broad SMARTS) is 1. The first kappa shape index (κ1) is 15.8. The van der Waals surface area contributed by atoms with E-state index in [1.807, 2.05) is 4.90 Å². The topological polar surface area (TPSA) is 78.9 Å². The second-order valence-electron chi connectivity index (χ2n) is 5.36.